The molecule has 1 atom stereocenters. The molecule has 1 aromatic carbocycles. The molecule has 1 saturated heterocycles. The van der Waals surface area contributed by atoms with Crippen molar-refractivity contribution in [3.05, 3.63) is 36.4 Å². The van der Waals surface area contributed by atoms with Crippen LogP contribution in [0.2, 0.25) is 0 Å². The molecule has 1 aliphatic heterocycles. The molecule has 0 aliphatic carbocycles. The Bertz CT molecular complexity index is 915. The number of hydrogen-bond donors (Lipinski definition) is 2. The molecule has 3 rings (SSSR count). The van der Waals surface area contributed by atoms with Crippen LogP contribution in [0.15, 0.2) is 30.6 Å². The lowest BCUT2D eigenvalue weighted by atomic mass is 10.2. The highest BCUT2D eigenvalue weighted by molar-refractivity contribution is 5.90. The molecule has 2 aromatic rings. The summed E-state index contributed by atoms with van der Waals surface area (Å²) in [6.45, 7) is 1.16. The van der Waals surface area contributed by atoms with Gasteiger partial charge < -0.3 is 19.9 Å². The van der Waals surface area contributed by atoms with E-state index in [2.05, 4.69) is 10.4 Å². The number of cyclic esters (lactones) is 1. The lowest BCUT2D eigenvalue weighted by molar-refractivity contribution is -0.139. The molecule has 28 heavy (non-hydrogen) atoms. The molecule has 2 N–H and O–H groups in total. The highest BCUT2D eigenvalue weighted by Crippen LogP contribution is 2.26. The SMILES string of the molecule is CC(=O)NC[C@H]1CN(c2ccc(-n3cc(OCC(=O)O)cn3)c(F)c2)C(=O)O1. The Morgan fingerprint density at radius 1 is 1.46 bits per heavy atom. The number of amides is 2. The highest BCUT2D eigenvalue weighted by Gasteiger charge is 2.32. The van der Waals surface area contributed by atoms with Crippen LogP contribution < -0.4 is 15.0 Å². The number of anilines is 1. The van der Waals surface area contributed by atoms with Gasteiger partial charge in [0.2, 0.25) is 5.91 Å². The van der Waals surface area contributed by atoms with Crippen LogP contribution in [0.25, 0.3) is 5.69 Å². The van der Waals surface area contributed by atoms with Crippen molar-refractivity contribution in [1.82, 2.24) is 15.1 Å². The van der Waals surface area contributed by atoms with E-state index in [1.807, 2.05) is 0 Å². The van der Waals surface area contributed by atoms with Crippen molar-refractivity contribution in [3.8, 4) is 11.4 Å². The van der Waals surface area contributed by atoms with E-state index >= 15 is 0 Å². The molecule has 2 heterocycles. The summed E-state index contributed by atoms with van der Waals surface area (Å²) in [5, 5.41) is 15.1. The van der Waals surface area contributed by atoms with Gasteiger partial charge in [0.05, 0.1) is 31.2 Å². The summed E-state index contributed by atoms with van der Waals surface area (Å²) in [6, 6.07) is 4.11. The van der Waals surface area contributed by atoms with Gasteiger partial charge in [-0.15, -0.1) is 0 Å². The Kier molecular flexibility index (Phi) is 5.43. The Morgan fingerprint density at radius 2 is 2.25 bits per heavy atom. The number of carbonyl (C=O) groups excluding carboxylic acids is 2. The molecule has 148 valence electrons. The topological polar surface area (TPSA) is 123 Å². The molecular formula is C17H17FN4O6. The number of benzene rings is 1. The van der Waals surface area contributed by atoms with Crippen LogP contribution in [0.3, 0.4) is 0 Å². The van der Waals surface area contributed by atoms with E-state index in [1.54, 1.807) is 0 Å². The summed E-state index contributed by atoms with van der Waals surface area (Å²) in [5.41, 5.74) is 0.391. The molecule has 10 nitrogen and oxygen atoms in total. The number of aliphatic carboxylic acids is 1. The first-order valence-corrected chi connectivity index (χ1v) is 8.25. The first-order chi connectivity index (χ1) is 13.3. The van der Waals surface area contributed by atoms with E-state index in [-0.39, 0.29) is 30.4 Å². The first kappa shape index (κ1) is 19.1. The largest absolute Gasteiger partial charge is 0.479 e. The molecule has 0 spiro atoms. The van der Waals surface area contributed by atoms with E-state index in [1.165, 1.54) is 41.0 Å². The van der Waals surface area contributed by atoms with Crippen molar-refractivity contribution in [2.75, 3.05) is 24.6 Å². The van der Waals surface area contributed by atoms with Gasteiger partial charge in [0.15, 0.2) is 18.2 Å². The number of nitrogens with zero attached hydrogens (tertiary/aromatic N) is 3. The van der Waals surface area contributed by atoms with Crippen molar-refractivity contribution >= 4 is 23.7 Å². The summed E-state index contributed by atoms with van der Waals surface area (Å²) >= 11 is 0. The van der Waals surface area contributed by atoms with Gasteiger partial charge in [-0.25, -0.2) is 18.7 Å². The lowest BCUT2D eigenvalue weighted by Crippen LogP contribution is -2.33. The van der Waals surface area contributed by atoms with Crippen molar-refractivity contribution in [2.45, 2.75) is 13.0 Å². The highest BCUT2D eigenvalue weighted by atomic mass is 19.1. The number of aromatic nitrogens is 2. The van der Waals surface area contributed by atoms with Crippen LogP contribution in [-0.4, -0.2) is 58.7 Å². The minimum Gasteiger partial charge on any atom is -0.479 e. The number of carboxylic acid groups (broad SMARTS) is 1. The van der Waals surface area contributed by atoms with Gasteiger partial charge in [-0.1, -0.05) is 0 Å². The second-order valence-corrected chi connectivity index (χ2v) is 5.99. The van der Waals surface area contributed by atoms with Gasteiger partial charge >= 0.3 is 12.1 Å². The number of rotatable bonds is 7. The van der Waals surface area contributed by atoms with Crippen molar-refractivity contribution in [2.24, 2.45) is 0 Å². The average molecular weight is 392 g/mol. The van der Waals surface area contributed by atoms with Crippen LogP contribution >= 0.6 is 0 Å². The Labute approximate surface area is 158 Å². The summed E-state index contributed by atoms with van der Waals surface area (Å²) in [5.74, 6) is -1.85. The molecule has 1 aromatic heterocycles. The fourth-order valence-corrected chi connectivity index (χ4v) is 2.60. The number of halogens is 1. The first-order valence-electron chi connectivity index (χ1n) is 8.25. The molecular weight excluding hydrogens is 375 g/mol. The fourth-order valence-electron chi connectivity index (χ4n) is 2.60. The van der Waals surface area contributed by atoms with E-state index in [0.29, 0.717) is 5.69 Å². The van der Waals surface area contributed by atoms with E-state index in [9.17, 15) is 18.8 Å². The summed E-state index contributed by atoms with van der Waals surface area (Å²) in [4.78, 5) is 34.8. The van der Waals surface area contributed by atoms with Gasteiger partial charge in [-0.3, -0.25) is 9.69 Å². The third kappa shape index (κ3) is 4.37. The minimum atomic E-state index is -1.14. The number of nitrogens with one attached hydrogen (secondary N) is 1. The fraction of sp³-hybridized carbons (Fsp3) is 0.294. The van der Waals surface area contributed by atoms with Gasteiger partial charge in [0.25, 0.3) is 0 Å². The second kappa shape index (κ2) is 7.94. The van der Waals surface area contributed by atoms with Crippen LogP contribution in [0.5, 0.6) is 5.75 Å². The summed E-state index contributed by atoms with van der Waals surface area (Å²) < 4.78 is 25.9. The molecule has 0 radical (unpaired) electrons. The van der Waals surface area contributed by atoms with E-state index in [0.717, 1.165) is 6.07 Å². The third-order valence-electron chi connectivity index (χ3n) is 3.86. The number of carboxylic acids is 1. The number of hydrogen-bond acceptors (Lipinski definition) is 6. The van der Waals surface area contributed by atoms with Crippen LogP contribution in [0.1, 0.15) is 6.92 Å². The molecule has 0 saturated carbocycles. The van der Waals surface area contributed by atoms with Crippen LogP contribution in [-0.2, 0) is 14.3 Å². The number of carbonyl (C=O) groups is 3. The monoisotopic (exact) mass is 392 g/mol. The van der Waals surface area contributed by atoms with Gasteiger partial charge in [0, 0.05) is 6.92 Å². The number of ether oxygens (including phenoxy) is 2. The van der Waals surface area contributed by atoms with Crippen molar-refractivity contribution < 1.29 is 33.4 Å². The van der Waals surface area contributed by atoms with Gasteiger partial charge in [0.1, 0.15) is 11.8 Å². The summed E-state index contributed by atoms with van der Waals surface area (Å²) in [7, 11) is 0. The molecule has 0 unspecified atom stereocenters. The third-order valence-corrected chi connectivity index (χ3v) is 3.86. The van der Waals surface area contributed by atoms with Gasteiger partial charge in [-0.2, -0.15) is 5.10 Å². The van der Waals surface area contributed by atoms with E-state index in [4.69, 9.17) is 14.6 Å². The van der Waals surface area contributed by atoms with Crippen molar-refractivity contribution in [1.29, 1.82) is 0 Å². The lowest BCUT2D eigenvalue weighted by Gasteiger charge is -2.14. The Hall–Kier alpha value is -3.63. The Morgan fingerprint density at radius 3 is 2.93 bits per heavy atom. The maximum Gasteiger partial charge on any atom is 0.414 e. The normalized spacial score (nSPS) is 16.0. The smallest absolute Gasteiger partial charge is 0.414 e. The standard InChI is InChI=1S/C17H17FN4O6/c1-10(23)19-5-13-7-21(17(26)28-13)11-2-3-15(14(18)4-11)22-8-12(6-20-22)27-9-16(24)25/h2-4,6,8,13H,5,7,9H2,1H3,(H,19,23)(H,24,25)/t13-/m0/s1. The van der Waals surface area contributed by atoms with Crippen molar-refractivity contribution in [3.63, 3.8) is 0 Å². The van der Waals surface area contributed by atoms with Crippen LogP contribution in [0.4, 0.5) is 14.9 Å². The van der Waals surface area contributed by atoms with E-state index < -0.39 is 30.6 Å². The predicted molar refractivity (Wildman–Crippen MR) is 93.0 cm³/mol. The molecule has 2 amide bonds. The molecule has 1 aliphatic rings. The maximum absolute atomic E-state index is 14.6. The second-order valence-electron chi connectivity index (χ2n) is 5.99. The zero-order chi connectivity index (χ0) is 20.3. The minimum absolute atomic E-state index is 0.0938. The summed E-state index contributed by atoms with van der Waals surface area (Å²) in [6.07, 6.45) is 1.44. The predicted octanol–water partition coefficient (Wildman–Crippen LogP) is 0.936. The zero-order valence-corrected chi connectivity index (χ0v) is 14.8. The quantitative estimate of drug-likeness (QED) is 0.719. The van der Waals surface area contributed by atoms with Gasteiger partial charge in [-0.05, 0) is 18.2 Å². The molecule has 0 bridgehead atoms. The van der Waals surface area contributed by atoms with Crippen LogP contribution in [0, 0.1) is 5.82 Å². The molecule has 11 heteroatoms. The maximum atomic E-state index is 14.6. The average Bonchev–Trinajstić information content (AvgIpc) is 3.24. The Balaban J connectivity index is 1.71. The zero-order valence-electron chi connectivity index (χ0n) is 14.8. The molecule has 1 fully saturated rings.